The molecule has 0 saturated carbocycles. The highest BCUT2D eigenvalue weighted by Crippen LogP contribution is 2.50. The topological polar surface area (TPSA) is 12.5 Å². The van der Waals surface area contributed by atoms with Crippen LogP contribution in [0.1, 0.15) is 0 Å². The Balaban J connectivity index is 1.06. The third-order valence-electron chi connectivity index (χ3n) is 10.7. The van der Waals surface area contributed by atoms with Gasteiger partial charge in [-0.2, -0.15) is 0 Å². The minimum atomic E-state index is 0.819. The summed E-state index contributed by atoms with van der Waals surface area (Å²) in [5.41, 5.74) is 17.0. The molecule has 1 heterocycles. The van der Waals surface area contributed by atoms with Crippen molar-refractivity contribution < 1.29 is 4.74 Å². The second kappa shape index (κ2) is 14.4. The monoisotopic (exact) mass is 715 g/mol. The summed E-state index contributed by atoms with van der Waals surface area (Å²) in [5, 5.41) is 0. The van der Waals surface area contributed by atoms with Crippen LogP contribution in [0.25, 0.3) is 66.8 Å². The van der Waals surface area contributed by atoms with Gasteiger partial charge in [0.05, 0.1) is 0 Å². The van der Waals surface area contributed by atoms with Crippen molar-refractivity contribution in [1.29, 1.82) is 0 Å². The number of rotatable bonds is 7. The third kappa shape index (κ3) is 6.34. The van der Waals surface area contributed by atoms with Crippen LogP contribution in [-0.4, -0.2) is 0 Å². The molecule has 1 aliphatic rings. The van der Waals surface area contributed by atoms with Crippen LogP contribution in [0, 0.1) is 0 Å². The molecule has 0 fully saturated rings. The van der Waals surface area contributed by atoms with E-state index in [0.29, 0.717) is 0 Å². The molecule has 0 N–H and O–H groups in total. The van der Waals surface area contributed by atoms with E-state index in [1.54, 1.807) is 0 Å². The van der Waals surface area contributed by atoms with Gasteiger partial charge in [0, 0.05) is 34.3 Å². The van der Waals surface area contributed by atoms with E-state index in [0.717, 1.165) is 61.9 Å². The Morgan fingerprint density at radius 3 is 1.02 bits per heavy atom. The fraction of sp³-hybridized carbons (Fsp3) is 0. The summed E-state index contributed by atoms with van der Waals surface area (Å²) in [6.45, 7) is 0. The number of anilines is 3. The Morgan fingerprint density at radius 1 is 0.232 bits per heavy atom. The number of hydrogen-bond donors (Lipinski definition) is 0. The van der Waals surface area contributed by atoms with Gasteiger partial charge in [0.2, 0.25) is 0 Å². The average molecular weight is 716 g/mol. The molecule has 10 rings (SSSR count). The number of benzene rings is 9. The predicted octanol–water partition coefficient (Wildman–Crippen LogP) is 15.3. The van der Waals surface area contributed by atoms with E-state index in [4.69, 9.17) is 4.74 Å². The Labute approximate surface area is 328 Å². The number of nitrogens with zero attached hydrogens (tertiary/aromatic N) is 1. The predicted molar refractivity (Wildman–Crippen MR) is 234 cm³/mol. The molecule has 0 aromatic heterocycles. The van der Waals surface area contributed by atoms with E-state index in [1.807, 2.05) is 0 Å². The Kier molecular flexibility index (Phi) is 8.55. The van der Waals surface area contributed by atoms with Gasteiger partial charge in [0.25, 0.3) is 0 Å². The maximum absolute atomic E-state index is 6.98. The van der Waals surface area contributed by atoms with Crippen molar-refractivity contribution in [2.75, 3.05) is 4.90 Å². The fourth-order valence-electron chi connectivity index (χ4n) is 7.84. The van der Waals surface area contributed by atoms with Crippen molar-refractivity contribution in [2.45, 2.75) is 0 Å². The summed E-state index contributed by atoms with van der Waals surface area (Å²) in [7, 11) is 0. The minimum Gasteiger partial charge on any atom is -0.456 e. The van der Waals surface area contributed by atoms with E-state index in [9.17, 15) is 0 Å². The molecular weight excluding hydrogens is 679 g/mol. The lowest BCUT2D eigenvalue weighted by Crippen LogP contribution is -2.10. The van der Waals surface area contributed by atoms with Gasteiger partial charge < -0.3 is 9.64 Å². The maximum Gasteiger partial charge on any atom is 0.137 e. The summed E-state index contributed by atoms with van der Waals surface area (Å²) in [6.07, 6.45) is 0. The molecule has 9 aromatic carbocycles. The van der Waals surface area contributed by atoms with Crippen LogP contribution in [0.15, 0.2) is 224 Å². The summed E-state index contributed by atoms with van der Waals surface area (Å²) in [5.74, 6) is 1.66. The van der Waals surface area contributed by atoms with Crippen LogP contribution in [-0.2, 0) is 0 Å². The van der Waals surface area contributed by atoms with Gasteiger partial charge in [-0.3, -0.25) is 0 Å². The molecule has 56 heavy (non-hydrogen) atoms. The average Bonchev–Trinajstić information content (AvgIpc) is 3.42. The zero-order valence-corrected chi connectivity index (χ0v) is 30.7. The summed E-state index contributed by atoms with van der Waals surface area (Å²) < 4.78 is 6.98. The van der Waals surface area contributed by atoms with Crippen LogP contribution >= 0.6 is 0 Å². The highest BCUT2D eigenvalue weighted by molar-refractivity contribution is 5.93. The molecule has 2 nitrogen and oxygen atoms in total. The van der Waals surface area contributed by atoms with Crippen LogP contribution in [0.4, 0.5) is 17.1 Å². The fourth-order valence-corrected chi connectivity index (χ4v) is 7.84. The number of hydrogen-bond acceptors (Lipinski definition) is 2. The van der Waals surface area contributed by atoms with Gasteiger partial charge in [0.1, 0.15) is 11.5 Å². The van der Waals surface area contributed by atoms with Crippen LogP contribution in [0.2, 0.25) is 0 Å². The molecule has 9 aromatic rings. The van der Waals surface area contributed by atoms with E-state index in [-0.39, 0.29) is 0 Å². The smallest absolute Gasteiger partial charge is 0.137 e. The molecule has 0 spiro atoms. The lowest BCUT2D eigenvalue weighted by atomic mass is 9.93. The normalized spacial score (nSPS) is 11.4. The largest absolute Gasteiger partial charge is 0.456 e. The van der Waals surface area contributed by atoms with Gasteiger partial charge in [0.15, 0.2) is 0 Å². The molecule has 0 unspecified atom stereocenters. The number of fused-ring (bicyclic) bond motifs is 5. The van der Waals surface area contributed by atoms with Crippen molar-refractivity contribution in [3.05, 3.63) is 224 Å². The van der Waals surface area contributed by atoms with Crippen molar-refractivity contribution in [1.82, 2.24) is 0 Å². The molecule has 2 heteroatoms. The Morgan fingerprint density at radius 2 is 0.554 bits per heavy atom. The van der Waals surface area contributed by atoms with E-state index in [1.165, 1.54) is 33.4 Å². The molecular formula is C54H37NO. The quantitative estimate of drug-likeness (QED) is 0.163. The highest BCUT2D eigenvalue weighted by Gasteiger charge is 2.23. The van der Waals surface area contributed by atoms with E-state index >= 15 is 0 Å². The molecule has 264 valence electrons. The summed E-state index contributed by atoms with van der Waals surface area (Å²) in [6, 6.07) is 79.9. The summed E-state index contributed by atoms with van der Waals surface area (Å²) >= 11 is 0. The molecule has 0 amide bonds. The van der Waals surface area contributed by atoms with Gasteiger partial charge in [-0.25, -0.2) is 0 Å². The van der Waals surface area contributed by atoms with E-state index < -0.39 is 0 Å². The van der Waals surface area contributed by atoms with Crippen molar-refractivity contribution in [3.8, 4) is 78.3 Å². The lowest BCUT2D eigenvalue weighted by Gasteiger charge is -2.27. The zero-order valence-electron chi connectivity index (χ0n) is 30.7. The molecule has 0 radical (unpaired) electrons. The maximum atomic E-state index is 6.98. The molecule has 0 bridgehead atoms. The van der Waals surface area contributed by atoms with Crippen LogP contribution in [0.5, 0.6) is 11.5 Å². The highest BCUT2D eigenvalue weighted by atomic mass is 16.5. The Hall–Kier alpha value is -7.42. The first-order chi connectivity index (χ1) is 27.7. The van der Waals surface area contributed by atoms with Gasteiger partial charge in [-0.05, 0) is 104 Å². The first-order valence-corrected chi connectivity index (χ1v) is 19.1. The van der Waals surface area contributed by atoms with Gasteiger partial charge >= 0.3 is 0 Å². The lowest BCUT2D eigenvalue weighted by molar-refractivity contribution is 0.488. The van der Waals surface area contributed by atoms with Crippen LogP contribution < -0.4 is 9.64 Å². The zero-order chi connectivity index (χ0) is 37.3. The Bertz CT molecular complexity index is 2780. The first-order valence-electron chi connectivity index (χ1n) is 19.1. The van der Waals surface area contributed by atoms with Gasteiger partial charge in [-0.15, -0.1) is 0 Å². The van der Waals surface area contributed by atoms with Crippen molar-refractivity contribution in [3.63, 3.8) is 0 Å². The van der Waals surface area contributed by atoms with Crippen molar-refractivity contribution in [2.24, 2.45) is 0 Å². The standard InChI is InChI=1S/C54H37NO/c1-4-12-38(13-5-1)41-20-22-42(23-21-41)44-26-31-47(32-27-44)55(46-29-24-43(25-30-46)39-14-6-2-7-15-39)48-33-35-52-50-19-11-10-18-49(50)51-34-28-45(40-16-8-3-9-17-40)36-53(51)56-54(52)37-48/h1-37H. The molecule has 0 atom stereocenters. The molecule has 1 aliphatic heterocycles. The van der Waals surface area contributed by atoms with E-state index in [2.05, 4.69) is 229 Å². The first kappa shape index (κ1) is 33.2. The minimum absolute atomic E-state index is 0.819. The molecule has 0 saturated heterocycles. The van der Waals surface area contributed by atoms with Crippen molar-refractivity contribution >= 4 is 17.1 Å². The number of ether oxygens (including phenoxy) is 1. The van der Waals surface area contributed by atoms with Gasteiger partial charge in [-0.1, -0.05) is 170 Å². The second-order valence-electron chi connectivity index (χ2n) is 14.1. The summed E-state index contributed by atoms with van der Waals surface area (Å²) in [4.78, 5) is 2.32. The SMILES string of the molecule is c1ccc(-c2ccc(-c3ccc(N(c4ccc(-c5ccccc5)cc4)c4ccc5c(c4)Oc4cc(-c6ccccc6)ccc4-c4ccccc4-5)cc3)cc2)cc1. The van der Waals surface area contributed by atoms with Crippen LogP contribution in [0.3, 0.4) is 0 Å². The molecule has 0 aliphatic carbocycles. The second-order valence-corrected chi connectivity index (χ2v) is 14.1. The third-order valence-corrected chi connectivity index (χ3v) is 10.7.